The third-order valence-corrected chi connectivity index (χ3v) is 4.86. The zero-order valence-corrected chi connectivity index (χ0v) is 15.7. The van der Waals surface area contributed by atoms with Crippen molar-refractivity contribution >= 4 is 16.6 Å². The van der Waals surface area contributed by atoms with E-state index in [2.05, 4.69) is 15.2 Å². The van der Waals surface area contributed by atoms with Gasteiger partial charge in [-0.2, -0.15) is 5.10 Å². The van der Waals surface area contributed by atoms with E-state index in [0.717, 1.165) is 27.7 Å². The lowest BCUT2D eigenvalue weighted by Crippen LogP contribution is -1.91. The van der Waals surface area contributed by atoms with Crippen molar-refractivity contribution in [1.82, 2.24) is 20.2 Å². The first kappa shape index (κ1) is 17.7. The number of aromatic amines is 1. The van der Waals surface area contributed by atoms with Gasteiger partial charge in [0, 0.05) is 34.2 Å². The van der Waals surface area contributed by atoms with Crippen molar-refractivity contribution < 1.29 is 4.92 Å². The van der Waals surface area contributed by atoms with E-state index < -0.39 is 4.92 Å². The number of hydrogen-bond acceptors (Lipinski definition) is 5. The second kappa shape index (κ2) is 7.21. The van der Waals surface area contributed by atoms with Crippen molar-refractivity contribution in [1.29, 1.82) is 0 Å². The fourth-order valence-corrected chi connectivity index (χ4v) is 3.37. The first-order valence-electron chi connectivity index (χ1n) is 9.32. The molecule has 2 heterocycles. The summed E-state index contributed by atoms with van der Waals surface area (Å²) in [6, 6.07) is 26.0. The van der Waals surface area contributed by atoms with Crippen LogP contribution in [-0.2, 0) is 0 Å². The van der Waals surface area contributed by atoms with Crippen LogP contribution in [0.4, 0.5) is 5.69 Å². The van der Waals surface area contributed by atoms with Crippen molar-refractivity contribution in [2.45, 2.75) is 0 Å². The van der Waals surface area contributed by atoms with Gasteiger partial charge in [0.05, 0.1) is 16.1 Å². The highest BCUT2D eigenvalue weighted by Gasteiger charge is 2.14. The number of H-pyrrole nitrogens is 1. The second-order valence-corrected chi connectivity index (χ2v) is 6.75. The summed E-state index contributed by atoms with van der Waals surface area (Å²) in [6.45, 7) is 0. The molecule has 2 aromatic heterocycles. The number of pyridine rings is 1. The van der Waals surface area contributed by atoms with E-state index in [0.29, 0.717) is 17.2 Å². The lowest BCUT2D eigenvalue weighted by molar-refractivity contribution is -0.384. The first-order chi connectivity index (χ1) is 14.7. The number of nitrogens with zero attached hydrogens (tertiary/aromatic N) is 4. The predicted octanol–water partition coefficient (Wildman–Crippen LogP) is 5.26. The molecule has 5 rings (SSSR count). The summed E-state index contributed by atoms with van der Waals surface area (Å²) < 4.78 is 0. The standard InChI is InChI=1S/C23H15N5O2/c29-28(30)17-12-10-16(11-13-17)22-25-23(27-26-22)19-14-21(15-6-2-1-3-7-15)24-20-9-5-4-8-18(19)20/h1-14H,(H,25,26,27). The average molecular weight is 393 g/mol. The van der Waals surface area contributed by atoms with Crippen LogP contribution < -0.4 is 0 Å². The zero-order chi connectivity index (χ0) is 20.5. The van der Waals surface area contributed by atoms with Gasteiger partial charge < -0.3 is 0 Å². The number of nitro benzene ring substituents is 1. The van der Waals surface area contributed by atoms with Gasteiger partial charge in [-0.25, -0.2) is 9.97 Å². The summed E-state index contributed by atoms with van der Waals surface area (Å²) in [5.41, 5.74) is 4.34. The third-order valence-electron chi connectivity index (χ3n) is 4.86. The number of para-hydroxylation sites is 1. The van der Waals surface area contributed by atoms with Gasteiger partial charge in [-0.1, -0.05) is 48.5 Å². The Labute approximate surface area is 171 Å². The minimum absolute atomic E-state index is 0.0298. The highest BCUT2D eigenvalue weighted by Crippen LogP contribution is 2.31. The number of hydrogen-bond donors (Lipinski definition) is 1. The van der Waals surface area contributed by atoms with Crippen LogP contribution >= 0.6 is 0 Å². The second-order valence-electron chi connectivity index (χ2n) is 6.75. The SMILES string of the molecule is O=[N+]([O-])c1ccc(-c2n[nH]c(-c3cc(-c4ccccc4)nc4ccccc34)n2)cc1. The topological polar surface area (TPSA) is 97.6 Å². The lowest BCUT2D eigenvalue weighted by atomic mass is 10.0. The molecule has 0 fully saturated rings. The summed E-state index contributed by atoms with van der Waals surface area (Å²) in [6.07, 6.45) is 0. The Morgan fingerprint density at radius 3 is 2.30 bits per heavy atom. The normalized spacial score (nSPS) is 10.9. The Bertz CT molecular complexity index is 1360. The Balaban J connectivity index is 1.62. The maximum absolute atomic E-state index is 10.9. The quantitative estimate of drug-likeness (QED) is 0.332. The minimum atomic E-state index is -0.429. The number of fused-ring (bicyclic) bond motifs is 1. The molecule has 0 bridgehead atoms. The van der Waals surface area contributed by atoms with Gasteiger partial charge >= 0.3 is 0 Å². The van der Waals surface area contributed by atoms with Gasteiger partial charge in [0.2, 0.25) is 0 Å². The van der Waals surface area contributed by atoms with Gasteiger partial charge in [-0.05, 0) is 24.3 Å². The van der Waals surface area contributed by atoms with Gasteiger partial charge in [0.25, 0.3) is 5.69 Å². The molecule has 0 unspecified atom stereocenters. The van der Waals surface area contributed by atoms with Crippen molar-refractivity contribution in [3.05, 3.63) is 95.0 Å². The smallest absolute Gasteiger partial charge is 0.259 e. The fourth-order valence-electron chi connectivity index (χ4n) is 3.37. The van der Waals surface area contributed by atoms with E-state index in [-0.39, 0.29) is 5.69 Å². The van der Waals surface area contributed by atoms with Crippen LogP contribution in [0.1, 0.15) is 0 Å². The predicted molar refractivity (Wildman–Crippen MR) is 115 cm³/mol. The number of non-ortho nitro benzene ring substituents is 1. The van der Waals surface area contributed by atoms with Crippen LogP contribution in [0.15, 0.2) is 84.9 Å². The molecule has 7 heteroatoms. The van der Waals surface area contributed by atoms with E-state index in [1.54, 1.807) is 12.1 Å². The summed E-state index contributed by atoms with van der Waals surface area (Å²) in [5, 5.41) is 19.2. The molecule has 0 amide bonds. The molecule has 144 valence electrons. The Kier molecular flexibility index (Phi) is 4.25. The number of benzene rings is 3. The molecule has 7 nitrogen and oxygen atoms in total. The van der Waals surface area contributed by atoms with E-state index in [4.69, 9.17) is 4.98 Å². The number of rotatable bonds is 4. The molecule has 0 aliphatic rings. The molecule has 0 saturated carbocycles. The molecule has 0 aliphatic heterocycles. The molecule has 0 saturated heterocycles. The van der Waals surface area contributed by atoms with Gasteiger partial charge in [0.1, 0.15) is 0 Å². The summed E-state index contributed by atoms with van der Waals surface area (Å²) in [7, 11) is 0. The van der Waals surface area contributed by atoms with Gasteiger partial charge in [-0.15, -0.1) is 0 Å². The van der Waals surface area contributed by atoms with Crippen molar-refractivity contribution in [3.8, 4) is 34.0 Å². The largest absolute Gasteiger partial charge is 0.269 e. The molecule has 1 N–H and O–H groups in total. The molecule has 0 aliphatic carbocycles. The van der Waals surface area contributed by atoms with Crippen LogP contribution in [0.3, 0.4) is 0 Å². The van der Waals surface area contributed by atoms with E-state index in [9.17, 15) is 10.1 Å². The van der Waals surface area contributed by atoms with Crippen LogP contribution in [0.2, 0.25) is 0 Å². The summed E-state index contributed by atoms with van der Waals surface area (Å²) >= 11 is 0. The van der Waals surface area contributed by atoms with Crippen LogP contribution in [0, 0.1) is 10.1 Å². The summed E-state index contributed by atoms with van der Waals surface area (Å²) in [5.74, 6) is 1.08. The monoisotopic (exact) mass is 393 g/mol. The van der Waals surface area contributed by atoms with Crippen molar-refractivity contribution in [2.75, 3.05) is 0 Å². The van der Waals surface area contributed by atoms with Crippen LogP contribution in [0.5, 0.6) is 0 Å². The molecular formula is C23H15N5O2. The third kappa shape index (κ3) is 3.18. The minimum Gasteiger partial charge on any atom is -0.259 e. The molecule has 0 atom stereocenters. The zero-order valence-electron chi connectivity index (χ0n) is 15.7. The number of nitro groups is 1. The van der Waals surface area contributed by atoms with E-state index in [1.165, 1.54) is 12.1 Å². The highest BCUT2D eigenvalue weighted by atomic mass is 16.6. The van der Waals surface area contributed by atoms with E-state index in [1.807, 2.05) is 60.7 Å². The van der Waals surface area contributed by atoms with E-state index >= 15 is 0 Å². The average Bonchev–Trinajstić information content (AvgIpc) is 3.29. The molecule has 0 spiro atoms. The molecule has 0 radical (unpaired) electrons. The number of aromatic nitrogens is 4. The Hall–Kier alpha value is -4.39. The van der Waals surface area contributed by atoms with Crippen molar-refractivity contribution in [3.63, 3.8) is 0 Å². The first-order valence-corrected chi connectivity index (χ1v) is 9.32. The van der Waals surface area contributed by atoms with Gasteiger partial charge in [0.15, 0.2) is 11.6 Å². The van der Waals surface area contributed by atoms with Crippen LogP contribution in [0.25, 0.3) is 44.9 Å². The highest BCUT2D eigenvalue weighted by molar-refractivity contribution is 5.95. The summed E-state index contributed by atoms with van der Waals surface area (Å²) in [4.78, 5) is 19.9. The maximum Gasteiger partial charge on any atom is 0.269 e. The molecule has 30 heavy (non-hydrogen) atoms. The Morgan fingerprint density at radius 2 is 1.53 bits per heavy atom. The fraction of sp³-hybridized carbons (Fsp3) is 0. The van der Waals surface area contributed by atoms with Gasteiger partial charge in [-0.3, -0.25) is 15.2 Å². The van der Waals surface area contributed by atoms with Crippen molar-refractivity contribution in [2.24, 2.45) is 0 Å². The lowest BCUT2D eigenvalue weighted by Gasteiger charge is -2.08. The molecular weight excluding hydrogens is 378 g/mol. The molecule has 5 aromatic rings. The number of nitrogens with one attached hydrogen (secondary N) is 1. The Morgan fingerprint density at radius 1 is 0.800 bits per heavy atom. The maximum atomic E-state index is 10.9. The van der Waals surface area contributed by atoms with Crippen LogP contribution in [-0.4, -0.2) is 25.1 Å². The molecule has 3 aromatic carbocycles.